The van der Waals surface area contributed by atoms with Gasteiger partial charge >= 0.3 is 0 Å². The summed E-state index contributed by atoms with van der Waals surface area (Å²) in [4.78, 5) is 2.34. The third-order valence-electron chi connectivity index (χ3n) is 13.5. The van der Waals surface area contributed by atoms with Crippen LogP contribution in [0.25, 0.3) is 99.1 Å². The third-order valence-corrected chi connectivity index (χ3v) is 13.5. The summed E-state index contributed by atoms with van der Waals surface area (Å²) in [6.07, 6.45) is 0. The molecule has 0 bridgehead atoms. The van der Waals surface area contributed by atoms with Gasteiger partial charge in [0.2, 0.25) is 0 Å². The Hall–Kier alpha value is -8.92. The van der Waals surface area contributed by atoms with Crippen LogP contribution in [-0.4, -0.2) is 9.13 Å². The fraction of sp³-hybridized carbons (Fsp3) is 0. The summed E-state index contributed by atoms with van der Waals surface area (Å²) in [5.41, 5.74) is 17.6. The molecule has 2 heterocycles. The van der Waals surface area contributed by atoms with Gasteiger partial charge in [0.05, 0.1) is 22.1 Å². The van der Waals surface area contributed by atoms with E-state index in [1.54, 1.807) is 0 Å². The van der Waals surface area contributed by atoms with Crippen LogP contribution in [0.3, 0.4) is 0 Å². The highest BCUT2D eigenvalue weighted by molar-refractivity contribution is 6.12. The van der Waals surface area contributed by atoms with Gasteiger partial charge in [0.25, 0.3) is 0 Å². The van der Waals surface area contributed by atoms with E-state index in [9.17, 15) is 0 Å². The molecule has 0 atom stereocenters. The summed E-state index contributed by atoms with van der Waals surface area (Å²) in [6, 6.07) is 94.8. The maximum Gasteiger partial charge on any atom is 0.0541 e. The van der Waals surface area contributed by atoms with Crippen LogP contribution in [0.1, 0.15) is 0 Å². The van der Waals surface area contributed by atoms with Crippen LogP contribution in [-0.2, 0) is 0 Å². The minimum atomic E-state index is 1.09. The molecule has 0 aliphatic heterocycles. The Balaban J connectivity index is 0.870. The maximum absolute atomic E-state index is 2.40. The Morgan fingerprint density at radius 3 is 1.24 bits per heavy atom. The SMILES string of the molecule is c1ccc(N(c2ccc(-c3ccc4c(c3)c3cc(-c5ccc(-c6cccc7ccccc67)cc5)ccc3n4-c3ccccc3)cc2)c2ccc(-n3c4ccccc4c4ccccc43)cc2)cc1. The zero-order valence-electron chi connectivity index (χ0n) is 36.7. The van der Waals surface area contributed by atoms with Gasteiger partial charge in [0.15, 0.2) is 0 Å². The molecule has 13 aromatic rings. The number of fused-ring (bicyclic) bond motifs is 7. The lowest BCUT2D eigenvalue weighted by Crippen LogP contribution is -2.10. The first kappa shape index (κ1) is 38.5. The number of para-hydroxylation sites is 4. The summed E-state index contributed by atoms with van der Waals surface area (Å²) >= 11 is 0. The molecule has 13 rings (SSSR count). The first-order valence-electron chi connectivity index (χ1n) is 23.0. The van der Waals surface area contributed by atoms with Gasteiger partial charge in [-0.2, -0.15) is 0 Å². The number of hydrogen-bond donors (Lipinski definition) is 0. The summed E-state index contributed by atoms with van der Waals surface area (Å²) in [6.45, 7) is 0. The van der Waals surface area contributed by atoms with Crippen LogP contribution in [0.2, 0.25) is 0 Å². The molecule has 3 nitrogen and oxygen atoms in total. The van der Waals surface area contributed by atoms with Crippen molar-refractivity contribution in [1.29, 1.82) is 0 Å². The van der Waals surface area contributed by atoms with Gasteiger partial charge in [-0.05, 0) is 141 Å². The number of anilines is 3. The molecule has 0 aliphatic carbocycles. The lowest BCUT2D eigenvalue weighted by Gasteiger charge is -2.26. The van der Waals surface area contributed by atoms with E-state index < -0.39 is 0 Å². The molecule has 2 aromatic heterocycles. The molecular formula is C64H43N3. The van der Waals surface area contributed by atoms with Crippen molar-refractivity contribution in [2.24, 2.45) is 0 Å². The van der Waals surface area contributed by atoms with Crippen LogP contribution in [0, 0.1) is 0 Å². The highest BCUT2D eigenvalue weighted by Gasteiger charge is 2.18. The van der Waals surface area contributed by atoms with E-state index in [0.717, 1.165) is 28.4 Å². The van der Waals surface area contributed by atoms with Crippen molar-refractivity contribution in [2.45, 2.75) is 0 Å². The van der Waals surface area contributed by atoms with Crippen molar-refractivity contribution >= 4 is 71.4 Å². The first-order valence-corrected chi connectivity index (χ1v) is 23.0. The zero-order valence-corrected chi connectivity index (χ0v) is 36.7. The van der Waals surface area contributed by atoms with Gasteiger partial charge in [-0.3, -0.25) is 0 Å². The molecule has 3 heteroatoms. The Kier molecular flexibility index (Phi) is 9.17. The van der Waals surface area contributed by atoms with Gasteiger partial charge < -0.3 is 14.0 Å². The largest absolute Gasteiger partial charge is 0.311 e. The van der Waals surface area contributed by atoms with E-state index in [1.165, 1.54) is 87.8 Å². The number of nitrogens with zero attached hydrogens (tertiary/aromatic N) is 3. The van der Waals surface area contributed by atoms with Crippen molar-refractivity contribution in [2.75, 3.05) is 4.90 Å². The molecule has 0 unspecified atom stereocenters. The molecule has 0 amide bonds. The molecule has 0 spiro atoms. The second kappa shape index (κ2) is 16.0. The van der Waals surface area contributed by atoms with Crippen LogP contribution in [0.4, 0.5) is 17.1 Å². The van der Waals surface area contributed by atoms with E-state index in [-0.39, 0.29) is 0 Å². The van der Waals surface area contributed by atoms with Crippen LogP contribution < -0.4 is 4.90 Å². The molecule has 0 fully saturated rings. The summed E-state index contributed by atoms with van der Waals surface area (Å²) in [7, 11) is 0. The van der Waals surface area contributed by atoms with Gasteiger partial charge in [-0.1, -0.05) is 164 Å². The van der Waals surface area contributed by atoms with Gasteiger partial charge in [-0.25, -0.2) is 0 Å². The number of rotatable bonds is 8. The fourth-order valence-corrected chi connectivity index (χ4v) is 10.3. The molecule has 0 radical (unpaired) electrons. The zero-order chi connectivity index (χ0) is 44.3. The van der Waals surface area contributed by atoms with E-state index in [1.807, 2.05) is 0 Å². The summed E-state index contributed by atoms with van der Waals surface area (Å²) < 4.78 is 4.77. The molecule has 314 valence electrons. The van der Waals surface area contributed by atoms with E-state index in [4.69, 9.17) is 0 Å². The van der Waals surface area contributed by atoms with Crippen LogP contribution in [0.5, 0.6) is 0 Å². The lowest BCUT2D eigenvalue weighted by atomic mass is 9.95. The van der Waals surface area contributed by atoms with Crippen LogP contribution in [0.15, 0.2) is 261 Å². The van der Waals surface area contributed by atoms with Gasteiger partial charge in [0.1, 0.15) is 0 Å². The standard InChI is InChI=1S/C64H43N3/c1-3-16-50(17-4-1)65(53-36-38-54(39-37-53)67-61-24-11-9-21-57(61)58-22-10-12-25-62(58)67)52-34-30-45(31-35-52)49-33-41-64-60(43-49)59-42-48(32-40-63(59)66(64)51-18-5-2-6-19-51)44-26-28-47(29-27-44)56-23-13-15-46-14-7-8-20-55(46)56/h1-43H. The molecule has 0 N–H and O–H groups in total. The fourth-order valence-electron chi connectivity index (χ4n) is 10.3. The molecule has 11 aromatic carbocycles. The number of hydrogen-bond acceptors (Lipinski definition) is 1. The Morgan fingerprint density at radius 1 is 0.239 bits per heavy atom. The average molecular weight is 854 g/mol. The molecular weight excluding hydrogens is 811 g/mol. The summed E-state index contributed by atoms with van der Waals surface area (Å²) in [5, 5.41) is 7.51. The van der Waals surface area contributed by atoms with Gasteiger partial charge in [-0.15, -0.1) is 0 Å². The molecule has 0 saturated carbocycles. The highest BCUT2D eigenvalue weighted by atomic mass is 15.1. The Labute approximate surface area is 389 Å². The minimum Gasteiger partial charge on any atom is -0.311 e. The summed E-state index contributed by atoms with van der Waals surface area (Å²) in [5.74, 6) is 0. The van der Waals surface area contributed by atoms with Crippen molar-refractivity contribution in [3.8, 4) is 44.8 Å². The Bertz CT molecular complexity index is 3880. The van der Waals surface area contributed by atoms with E-state index >= 15 is 0 Å². The number of aromatic nitrogens is 2. The molecule has 0 aliphatic rings. The van der Waals surface area contributed by atoms with Crippen molar-refractivity contribution in [1.82, 2.24) is 9.13 Å². The molecule has 67 heavy (non-hydrogen) atoms. The third kappa shape index (κ3) is 6.59. The highest BCUT2D eigenvalue weighted by Crippen LogP contribution is 2.41. The average Bonchev–Trinajstić information content (AvgIpc) is 3.92. The van der Waals surface area contributed by atoms with E-state index in [0.29, 0.717) is 0 Å². The predicted molar refractivity (Wildman–Crippen MR) is 284 cm³/mol. The van der Waals surface area contributed by atoms with E-state index in [2.05, 4.69) is 275 Å². The second-order valence-electron chi connectivity index (χ2n) is 17.3. The smallest absolute Gasteiger partial charge is 0.0541 e. The van der Waals surface area contributed by atoms with Crippen molar-refractivity contribution in [3.05, 3.63) is 261 Å². The van der Waals surface area contributed by atoms with Crippen LogP contribution >= 0.6 is 0 Å². The van der Waals surface area contributed by atoms with Crippen molar-refractivity contribution in [3.63, 3.8) is 0 Å². The Morgan fingerprint density at radius 2 is 0.642 bits per heavy atom. The monoisotopic (exact) mass is 853 g/mol. The minimum absolute atomic E-state index is 1.09. The lowest BCUT2D eigenvalue weighted by molar-refractivity contribution is 1.17. The van der Waals surface area contributed by atoms with Gasteiger partial charge in [0, 0.05) is 50.0 Å². The van der Waals surface area contributed by atoms with Crippen molar-refractivity contribution < 1.29 is 0 Å². The maximum atomic E-state index is 2.40. The normalized spacial score (nSPS) is 11.6. The predicted octanol–water partition coefficient (Wildman–Crippen LogP) is 17.5. The quantitative estimate of drug-likeness (QED) is 0.148. The molecule has 0 saturated heterocycles. The first-order chi connectivity index (χ1) is 33.2. The topological polar surface area (TPSA) is 13.1 Å². The number of benzene rings is 11. The second-order valence-corrected chi connectivity index (χ2v) is 17.3.